The third-order valence-electron chi connectivity index (χ3n) is 3.74. The van der Waals surface area contributed by atoms with Crippen molar-refractivity contribution >= 4 is 17.3 Å². The maximum Gasteiger partial charge on any atom is 0.146 e. The lowest BCUT2D eigenvalue weighted by atomic mass is 9.92. The second kappa shape index (κ2) is 5.29. The van der Waals surface area contributed by atoms with Crippen molar-refractivity contribution in [3.05, 3.63) is 29.0 Å². The zero-order valence-electron chi connectivity index (χ0n) is 12.0. The van der Waals surface area contributed by atoms with Gasteiger partial charge in [-0.2, -0.15) is 0 Å². The fourth-order valence-electron chi connectivity index (χ4n) is 2.66. The van der Waals surface area contributed by atoms with E-state index in [-0.39, 0.29) is 17.4 Å². The average molecular weight is 285 g/mol. The van der Waals surface area contributed by atoms with Gasteiger partial charge in [0, 0.05) is 29.7 Å². The van der Waals surface area contributed by atoms with E-state index in [4.69, 9.17) is 11.6 Å². The first kappa shape index (κ1) is 14.6. The number of nitrogens with one attached hydrogen (secondary N) is 1. The van der Waals surface area contributed by atoms with E-state index in [9.17, 15) is 4.39 Å². The second-order valence-corrected chi connectivity index (χ2v) is 6.74. The molecule has 0 aliphatic carbocycles. The molecule has 0 bridgehead atoms. The van der Waals surface area contributed by atoms with Crippen LogP contribution in [0.4, 0.5) is 10.1 Å². The van der Waals surface area contributed by atoms with E-state index >= 15 is 0 Å². The minimum atomic E-state index is -0.201. The summed E-state index contributed by atoms with van der Waals surface area (Å²) in [4.78, 5) is 2.16. The van der Waals surface area contributed by atoms with Crippen LogP contribution in [-0.4, -0.2) is 24.7 Å². The fraction of sp³-hybridized carbons (Fsp3) is 0.600. The molecule has 1 unspecified atom stereocenters. The molecule has 2 nitrogen and oxygen atoms in total. The Labute approximate surface area is 119 Å². The first-order valence-corrected chi connectivity index (χ1v) is 7.15. The quantitative estimate of drug-likeness (QED) is 0.891. The van der Waals surface area contributed by atoms with Crippen LogP contribution in [0.5, 0.6) is 0 Å². The van der Waals surface area contributed by atoms with Crippen molar-refractivity contribution in [2.75, 3.05) is 18.0 Å². The van der Waals surface area contributed by atoms with Crippen molar-refractivity contribution in [1.82, 2.24) is 5.32 Å². The lowest BCUT2D eigenvalue weighted by Gasteiger charge is -2.47. The summed E-state index contributed by atoms with van der Waals surface area (Å²) in [5.41, 5.74) is 0.584. The molecule has 1 heterocycles. The standard InChI is InChI=1S/C15H22ClFN2/c1-10(2)14-8-18-15(3,4)9-19(14)13-7-11(16)5-6-12(13)17/h5-7,10,14,18H,8-9H2,1-4H3. The van der Waals surface area contributed by atoms with Gasteiger partial charge in [0.05, 0.1) is 5.69 Å². The summed E-state index contributed by atoms with van der Waals surface area (Å²) in [6.07, 6.45) is 0. The molecule has 0 radical (unpaired) electrons. The van der Waals surface area contributed by atoms with Crippen molar-refractivity contribution in [1.29, 1.82) is 0 Å². The van der Waals surface area contributed by atoms with E-state index in [0.717, 1.165) is 13.1 Å². The van der Waals surface area contributed by atoms with Crippen molar-refractivity contribution in [2.24, 2.45) is 5.92 Å². The molecular weight excluding hydrogens is 263 g/mol. The molecule has 1 aliphatic heterocycles. The van der Waals surface area contributed by atoms with Gasteiger partial charge in [0.15, 0.2) is 0 Å². The molecule has 1 saturated heterocycles. The molecule has 0 amide bonds. The number of hydrogen-bond acceptors (Lipinski definition) is 2. The molecule has 4 heteroatoms. The van der Waals surface area contributed by atoms with E-state index in [1.54, 1.807) is 12.1 Å². The monoisotopic (exact) mass is 284 g/mol. The fourth-order valence-corrected chi connectivity index (χ4v) is 2.82. The van der Waals surface area contributed by atoms with Crippen LogP contribution in [0.1, 0.15) is 27.7 Å². The van der Waals surface area contributed by atoms with Crippen LogP contribution < -0.4 is 10.2 Å². The Hall–Kier alpha value is -0.800. The molecular formula is C15H22ClFN2. The molecule has 1 atom stereocenters. The van der Waals surface area contributed by atoms with E-state index < -0.39 is 0 Å². The highest BCUT2D eigenvalue weighted by molar-refractivity contribution is 6.30. The van der Waals surface area contributed by atoms with Crippen LogP contribution in [0.25, 0.3) is 0 Å². The Bertz CT molecular complexity index is 459. The maximum absolute atomic E-state index is 14.1. The van der Waals surface area contributed by atoms with Gasteiger partial charge >= 0.3 is 0 Å². The smallest absolute Gasteiger partial charge is 0.146 e. The van der Waals surface area contributed by atoms with Crippen molar-refractivity contribution < 1.29 is 4.39 Å². The van der Waals surface area contributed by atoms with Gasteiger partial charge in [-0.1, -0.05) is 25.4 Å². The first-order valence-electron chi connectivity index (χ1n) is 6.77. The molecule has 19 heavy (non-hydrogen) atoms. The zero-order valence-corrected chi connectivity index (χ0v) is 12.8. The van der Waals surface area contributed by atoms with Crippen molar-refractivity contribution in [3.8, 4) is 0 Å². The van der Waals surface area contributed by atoms with Gasteiger partial charge in [-0.05, 0) is 38.0 Å². The second-order valence-electron chi connectivity index (χ2n) is 6.30. The molecule has 1 aromatic carbocycles. The summed E-state index contributed by atoms with van der Waals surface area (Å²) in [5, 5.41) is 4.11. The van der Waals surface area contributed by atoms with Crippen LogP contribution in [0.2, 0.25) is 5.02 Å². The number of benzene rings is 1. The number of anilines is 1. The van der Waals surface area contributed by atoms with Crippen molar-refractivity contribution in [3.63, 3.8) is 0 Å². The summed E-state index contributed by atoms with van der Waals surface area (Å²) in [6, 6.07) is 5.05. The van der Waals surface area contributed by atoms with E-state index in [0.29, 0.717) is 16.6 Å². The lowest BCUT2D eigenvalue weighted by molar-refractivity contribution is 0.275. The summed E-state index contributed by atoms with van der Waals surface area (Å²) in [6.45, 7) is 10.2. The van der Waals surface area contributed by atoms with Crippen LogP contribution in [-0.2, 0) is 0 Å². The van der Waals surface area contributed by atoms with Crippen molar-refractivity contribution in [2.45, 2.75) is 39.3 Å². The largest absolute Gasteiger partial charge is 0.363 e. The minimum Gasteiger partial charge on any atom is -0.363 e. The molecule has 1 aliphatic rings. The normalized spacial score (nSPS) is 22.9. The third kappa shape index (κ3) is 3.21. The molecule has 1 N–H and O–H groups in total. The van der Waals surface area contributed by atoms with Crippen LogP contribution in [0, 0.1) is 11.7 Å². The number of hydrogen-bond donors (Lipinski definition) is 1. The number of halogens is 2. The summed E-state index contributed by atoms with van der Waals surface area (Å²) < 4.78 is 14.1. The predicted octanol–water partition coefficient (Wildman–Crippen LogP) is 3.69. The Morgan fingerprint density at radius 2 is 2.11 bits per heavy atom. The number of piperazine rings is 1. The molecule has 0 aromatic heterocycles. The Morgan fingerprint density at radius 3 is 2.74 bits per heavy atom. The number of rotatable bonds is 2. The topological polar surface area (TPSA) is 15.3 Å². The van der Waals surface area contributed by atoms with Crippen LogP contribution >= 0.6 is 11.6 Å². The molecule has 0 spiro atoms. The molecule has 1 aromatic rings. The van der Waals surface area contributed by atoms with Gasteiger partial charge < -0.3 is 10.2 Å². The van der Waals surface area contributed by atoms with Gasteiger partial charge in [0.2, 0.25) is 0 Å². The third-order valence-corrected chi connectivity index (χ3v) is 3.98. The Balaban J connectivity index is 2.39. The zero-order chi connectivity index (χ0) is 14.2. The minimum absolute atomic E-state index is 0.0276. The summed E-state index contributed by atoms with van der Waals surface area (Å²) in [5.74, 6) is 0.245. The molecule has 2 rings (SSSR count). The Kier molecular flexibility index (Phi) is 4.07. The lowest BCUT2D eigenvalue weighted by Crippen LogP contribution is -2.63. The molecule has 106 valence electrons. The van der Waals surface area contributed by atoms with Gasteiger partial charge in [0.1, 0.15) is 5.82 Å². The Morgan fingerprint density at radius 1 is 1.42 bits per heavy atom. The molecule has 0 saturated carbocycles. The van der Waals surface area contributed by atoms with E-state index in [1.165, 1.54) is 6.07 Å². The average Bonchev–Trinajstić information content (AvgIpc) is 2.30. The van der Waals surface area contributed by atoms with E-state index in [1.807, 2.05) is 0 Å². The highest BCUT2D eigenvalue weighted by atomic mass is 35.5. The SMILES string of the molecule is CC(C)C1CNC(C)(C)CN1c1cc(Cl)ccc1F. The molecule has 1 fully saturated rings. The first-order chi connectivity index (χ1) is 8.80. The van der Waals surface area contributed by atoms with E-state index in [2.05, 4.69) is 37.9 Å². The maximum atomic E-state index is 14.1. The van der Waals surface area contributed by atoms with Crippen LogP contribution in [0.15, 0.2) is 18.2 Å². The highest BCUT2D eigenvalue weighted by Gasteiger charge is 2.35. The summed E-state index contributed by atoms with van der Waals surface area (Å²) in [7, 11) is 0. The van der Waals surface area contributed by atoms with Gasteiger partial charge in [-0.3, -0.25) is 0 Å². The van der Waals surface area contributed by atoms with Crippen LogP contribution in [0.3, 0.4) is 0 Å². The predicted molar refractivity (Wildman–Crippen MR) is 79.5 cm³/mol. The number of nitrogens with zero attached hydrogens (tertiary/aromatic N) is 1. The van der Waals surface area contributed by atoms with Gasteiger partial charge in [-0.25, -0.2) is 4.39 Å². The van der Waals surface area contributed by atoms with Gasteiger partial charge in [0.25, 0.3) is 0 Å². The highest BCUT2D eigenvalue weighted by Crippen LogP contribution is 2.30. The van der Waals surface area contributed by atoms with Gasteiger partial charge in [-0.15, -0.1) is 0 Å². The summed E-state index contributed by atoms with van der Waals surface area (Å²) >= 11 is 6.03.